The van der Waals surface area contributed by atoms with Crippen LogP contribution in [-0.2, 0) is 19.1 Å². The molecule has 3 rings (SSSR count). The summed E-state index contributed by atoms with van der Waals surface area (Å²) in [5.74, 6) is -0.756. The van der Waals surface area contributed by atoms with Gasteiger partial charge in [0.15, 0.2) is 12.7 Å². The van der Waals surface area contributed by atoms with Crippen LogP contribution in [0, 0.1) is 0 Å². The number of hydrogen-bond donors (Lipinski definition) is 2. The number of rotatable bonds is 7. The lowest BCUT2D eigenvalue weighted by molar-refractivity contribution is -0.155. The lowest BCUT2D eigenvalue weighted by atomic mass is 10.1. The number of carbonyl (C=O) groups excluding carboxylic acids is 3. The second-order valence-corrected chi connectivity index (χ2v) is 6.68. The smallest absolute Gasteiger partial charge is 0.344 e. The van der Waals surface area contributed by atoms with Gasteiger partial charge in [0.05, 0.1) is 0 Å². The summed E-state index contributed by atoms with van der Waals surface area (Å²) in [6.45, 7) is 2.59. The number of amides is 2. The number of carbonyl (C=O) groups is 3. The summed E-state index contributed by atoms with van der Waals surface area (Å²) in [4.78, 5) is 35.3. The number of hydrogen-bond acceptors (Lipinski definition) is 5. The molecule has 0 spiro atoms. The van der Waals surface area contributed by atoms with Crippen molar-refractivity contribution in [3.63, 3.8) is 0 Å². The topological polar surface area (TPSA) is 93.7 Å². The summed E-state index contributed by atoms with van der Waals surface area (Å²) in [5, 5.41) is 7.36. The van der Waals surface area contributed by atoms with Gasteiger partial charge in [0.25, 0.3) is 5.91 Å². The Balaban J connectivity index is 1.48. The van der Waals surface area contributed by atoms with Crippen molar-refractivity contribution in [1.29, 1.82) is 0 Å². The van der Waals surface area contributed by atoms with E-state index in [4.69, 9.17) is 9.47 Å². The maximum Gasteiger partial charge on any atom is 0.344 e. The van der Waals surface area contributed by atoms with Gasteiger partial charge in [-0.2, -0.15) is 0 Å². The molecule has 1 atom stereocenters. The van der Waals surface area contributed by atoms with Crippen LogP contribution in [0.15, 0.2) is 66.7 Å². The third-order valence-corrected chi connectivity index (χ3v) is 4.23. The molecular weight excluding hydrogens is 384 g/mol. The van der Waals surface area contributed by atoms with Crippen molar-refractivity contribution in [2.75, 3.05) is 17.2 Å². The number of ether oxygens (including phenoxy) is 2. The fourth-order valence-corrected chi connectivity index (χ4v) is 2.77. The molecule has 0 aliphatic heterocycles. The number of nitrogens with one attached hydrogen (secondary N) is 2. The van der Waals surface area contributed by atoms with E-state index in [1.54, 1.807) is 30.3 Å². The molecule has 0 aromatic heterocycles. The van der Waals surface area contributed by atoms with E-state index < -0.39 is 18.0 Å². The minimum Gasteiger partial charge on any atom is -0.482 e. The Morgan fingerprint density at radius 1 is 0.867 bits per heavy atom. The molecule has 1 unspecified atom stereocenters. The van der Waals surface area contributed by atoms with E-state index in [-0.39, 0.29) is 12.5 Å². The Morgan fingerprint density at radius 2 is 1.50 bits per heavy atom. The summed E-state index contributed by atoms with van der Waals surface area (Å²) in [5.41, 5.74) is 1.13. The Kier molecular flexibility index (Phi) is 6.64. The van der Waals surface area contributed by atoms with Gasteiger partial charge in [-0.25, -0.2) is 4.79 Å². The van der Waals surface area contributed by atoms with E-state index >= 15 is 0 Å². The molecule has 7 heteroatoms. The highest BCUT2D eigenvalue weighted by Gasteiger charge is 2.18. The van der Waals surface area contributed by atoms with Crippen molar-refractivity contribution in [2.45, 2.75) is 20.0 Å². The summed E-state index contributed by atoms with van der Waals surface area (Å²) < 4.78 is 10.6. The van der Waals surface area contributed by atoms with Gasteiger partial charge >= 0.3 is 5.97 Å². The van der Waals surface area contributed by atoms with Crippen LogP contribution in [0.5, 0.6) is 5.75 Å². The molecule has 0 radical (unpaired) electrons. The molecule has 2 N–H and O–H groups in total. The van der Waals surface area contributed by atoms with Crippen molar-refractivity contribution < 1.29 is 23.9 Å². The zero-order chi connectivity index (χ0) is 21.5. The van der Waals surface area contributed by atoms with Gasteiger partial charge in [0, 0.05) is 18.3 Å². The number of benzene rings is 3. The van der Waals surface area contributed by atoms with Crippen LogP contribution in [0.1, 0.15) is 13.8 Å². The molecule has 7 nitrogen and oxygen atoms in total. The Hall–Kier alpha value is -3.87. The second-order valence-electron chi connectivity index (χ2n) is 6.68. The van der Waals surface area contributed by atoms with Crippen molar-refractivity contribution in [1.82, 2.24) is 0 Å². The molecule has 154 valence electrons. The van der Waals surface area contributed by atoms with Gasteiger partial charge in [0.1, 0.15) is 5.75 Å². The lowest BCUT2D eigenvalue weighted by Crippen LogP contribution is -2.31. The monoisotopic (exact) mass is 406 g/mol. The van der Waals surface area contributed by atoms with Crippen molar-refractivity contribution in [2.24, 2.45) is 0 Å². The normalized spacial score (nSPS) is 11.4. The molecule has 0 fully saturated rings. The van der Waals surface area contributed by atoms with Gasteiger partial charge < -0.3 is 20.1 Å². The number of fused-ring (bicyclic) bond motifs is 1. The average Bonchev–Trinajstić information content (AvgIpc) is 2.73. The molecule has 0 saturated heterocycles. The Bertz CT molecular complexity index is 1060. The summed E-state index contributed by atoms with van der Waals surface area (Å²) in [6, 6.07) is 19.9. The van der Waals surface area contributed by atoms with E-state index in [0.29, 0.717) is 17.1 Å². The molecule has 2 amide bonds. The van der Waals surface area contributed by atoms with E-state index in [2.05, 4.69) is 10.6 Å². The van der Waals surface area contributed by atoms with Gasteiger partial charge in [0.2, 0.25) is 5.91 Å². The highest BCUT2D eigenvalue weighted by molar-refractivity contribution is 5.95. The third-order valence-electron chi connectivity index (χ3n) is 4.23. The fraction of sp³-hybridized carbons (Fsp3) is 0.174. The fourth-order valence-electron chi connectivity index (χ4n) is 2.77. The van der Waals surface area contributed by atoms with Crippen molar-refractivity contribution >= 4 is 39.9 Å². The molecule has 3 aromatic carbocycles. The largest absolute Gasteiger partial charge is 0.482 e. The maximum absolute atomic E-state index is 12.2. The molecule has 0 saturated carbocycles. The Labute approximate surface area is 174 Å². The van der Waals surface area contributed by atoms with E-state index in [0.717, 1.165) is 10.8 Å². The molecule has 0 aliphatic carbocycles. The van der Waals surface area contributed by atoms with Gasteiger partial charge in [-0.15, -0.1) is 0 Å². The first-order chi connectivity index (χ1) is 14.4. The van der Waals surface area contributed by atoms with E-state index in [9.17, 15) is 14.4 Å². The number of anilines is 2. The minimum absolute atomic E-state index is 0.182. The third kappa shape index (κ3) is 5.81. The predicted molar refractivity (Wildman–Crippen MR) is 114 cm³/mol. The minimum atomic E-state index is -0.993. The van der Waals surface area contributed by atoms with Gasteiger partial charge in [-0.1, -0.05) is 30.3 Å². The zero-order valence-corrected chi connectivity index (χ0v) is 16.7. The van der Waals surface area contributed by atoms with Crippen LogP contribution in [0.3, 0.4) is 0 Å². The van der Waals surface area contributed by atoms with Crippen LogP contribution in [0.4, 0.5) is 11.4 Å². The first kappa shape index (κ1) is 20.9. The highest BCUT2D eigenvalue weighted by Crippen LogP contribution is 2.20. The SMILES string of the molecule is CC(=O)Nc1ccc(NC(=O)C(C)OC(=O)COc2ccc3ccccc3c2)cc1. The Morgan fingerprint density at radius 3 is 2.17 bits per heavy atom. The standard InChI is InChI=1S/C23H22N2O5/c1-15(23(28)25-20-10-8-19(9-11-20)24-16(2)26)30-22(27)14-29-21-12-7-17-5-3-4-6-18(17)13-21/h3-13,15H,14H2,1-2H3,(H,24,26)(H,25,28). The molecular formula is C23H22N2O5. The van der Waals surface area contributed by atoms with Crippen LogP contribution >= 0.6 is 0 Å². The molecule has 0 bridgehead atoms. The first-order valence-corrected chi connectivity index (χ1v) is 9.40. The van der Waals surface area contributed by atoms with Crippen LogP contribution in [0.25, 0.3) is 10.8 Å². The van der Waals surface area contributed by atoms with Crippen LogP contribution in [0.2, 0.25) is 0 Å². The van der Waals surface area contributed by atoms with Crippen LogP contribution < -0.4 is 15.4 Å². The highest BCUT2D eigenvalue weighted by atomic mass is 16.6. The molecule has 30 heavy (non-hydrogen) atoms. The molecule has 3 aromatic rings. The predicted octanol–water partition coefficient (Wildman–Crippen LogP) is 3.75. The summed E-state index contributed by atoms with van der Waals surface area (Å²) >= 11 is 0. The summed E-state index contributed by atoms with van der Waals surface area (Å²) in [7, 11) is 0. The van der Waals surface area contributed by atoms with Crippen molar-refractivity contribution in [3.8, 4) is 5.75 Å². The number of esters is 1. The van der Waals surface area contributed by atoms with Crippen molar-refractivity contribution in [3.05, 3.63) is 66.7 Å². The van der Waals surface area contributed by atoms with Gasteiger partial charge in [-0.3, -0.25) is 9.59 Å². The molecule has 0 heterocycles. The first-order valence-electron chi connectivity index (χ1n) is 9.40. The van der Waals surface area contributed by atoms with Crippen LogP contribution in [-0.4, -0.2) is 30.5 Å². The summed E-state index contributed by atoms with van der Waals surface area (Å²) in [6.07, 6.45) is -0.993. The van der Waals surface area contributed by atoms with Gasteiger partial charge in [-0.05, 0) is 54.1 Å². The van der Waals surface area contributed by atoms with E-state index in [1.807, 2.05) is 36.4 Å². The van der Waals surface area contributed by atoms with E-state index in [1.165, 1.54) is 13.8 Å². The average molecular weight is 406 g/mol. The quantitative estimate of drug-likeness (QED) is 0.583. The second kappa shape index (κ2) is 9.56. The maximum atomic E-state index is 12.2. The zero-order valence-electron chi connectivity index (χ0n) is 16.7. The molecule has 0 aliphatic rings. The lowest BCUT2D eigenvalue weighted by Gasteiger charge is -2.14.